The highest BCUT2D eigenvalue weighted by atomic mass is 15.2. The third kappa shape index (κ3) is 2.85. The fourth-order valence-corrected chi connectivity index (χ4v) is 2.85. The number of nitrogens with zero attached hydrogens (tertiary/aromatic N) is 1. The molecule has 1 aliphatic rings. The number of aryl methyl sites for hydroxylation is 1. The van der Waals surface area contributed by atoms with Gasteiger partial charge in [-0.15, -0.1) is 0 Å². The molecular formula is C14H23N3. The first-order valence-corrected chi connectivity index (χ1v) is 6.76. The highest BCUT2D eigenvalue weighted by Gasteiger charge is 2.29. The topological polar surface area (TPSA) is 50.9 Å². The summed E-state index contributed by atoms with van der Waals surface area (Å²) in [6.45, 7) is 2.23. The van der Waals surface area contributed by atoms with Gasteiger partial charge in [0.25, 0.3) is 0 Å². The van der Waals surface area contributed by atoms with Crippen molar-refractivity contribution in [3.05, 3.63) is 29.6 Å². The molecule has 94 valence electrons. The Balaban J connectivity index is 2.01. The Morgan fingerprint density at radius 1 is 1.53 bits per heavy atom. The van der Waals surface area contributed by atoms with Crippen molar-refractivity contribution >= 4 is 0 Å². The van der Waals surface area contributed by atoms with Crippen molar-refractivity contribution < 1.29 is 0 Å². The first-order valence-electron chi connectivity index (χ1n) is 6.76. The predicted octanol–water partition coefficient (Wildman–Crippen LogP) is 2.52. The van der Waals surface area contributed by atoms with E-state index in [1.54, 1.807) is 0 Å². The van der Waals surface area contributed by atoms with Crippen LogP contribution in [0.1, 0.15) is 56.2 Å². The number of nitrogens with two attached hydrogens (primary N) is 1. The minimum absolute atomic E-state index is 0.387. The number of pyridine rings is 1. The molecule has 0 amide bonds. The second-order valence-corrected chi connectivity index (χ2v) is 4.96. The zero-order valence-corrected chi connectivity index (χ0v) is 10.7. The van der Waals surface area contributed by atoms with Crippen molar-refractivity contribution in [2.24, 2.45) is 5.84 Å². The highest BCUT2D eigenvalue weighted by Crippen LogP contribution is 2.34. The Morgan fingerprint density at radius 3 is 3.18 bits per heavy atom. The van der Waals surface area contributed by atoms with E-state index >= 15 is 0 Å². The molecule has 0 spiro atoms. The second kappa shape index (κ2) is 6.12. The van der Waals surface area contributed by atoms with Crippen LogP contribution in [0.3, 0.4) is 0 Å². The van der Waals surface area contributed by atoms with E-state index < -0.39 is 0 Å². The van der Waals surface area contributed by atoms with Crippen LogP contribution in [-0.4, -0.2) is 11.0 Å². The van der Waals surface area contributed by atoms with Crippen LogP contribution in [0.4, 0.5) is 0 Å². The van der Waals surface area contributed by atoms with Crippen LogP contribution in [0, 0.1) is 0 Å². The number of hydrogen-bond donors (Lipinski definition) is 2. The summed E-state index contributed by atoms with van der Waals surface area (Å²) in [7, 11) is 0. The van der Waals surface area contributed by atoms with Crippen molar-refractivity contribution in [1.29, 1.82) is 0 Å². The molecule has 0 aliphatic heterocycles. The van der Waals surface area contributed by atoms with Crippen LogP contribution < -0.4 is 11.3 Å². The number of unbranched alkanes of at least 4 members (excludes halogenated alkanes) is 2. The van der Waals surface area contributed by atoms with Crippen molar-refractivity contribution in [3.8, 4) is 0 Å². The summed E-state index contributed by atoms with van der Waals surface area (Å²) in [5, 5.41) is 0. The Kier molecular flexibility index (Phi) is 4.51. The lowest BCUT2D eigenvalue weighted by molar-refractivity contribution is 0.394. The molecule has 1 aromatic heterocycles. The summed E-state index contributed by atoms with van der Waals surface area (Å²) in [6, 6.07) is 4.61. The number of hydrogen-bond acceptors (Lipinski definition) is 3. The molecule has 0 saturated carbocycles. The van der Waals surface area contributed by atoms with Gasteiger partial charge in [0.2, 0.25) is 0 Å². The normalized spacial score (nSPS) is 20.2. The van der Waals surface area contributed by atoms with E-state index in [2.05, 4.69) is 23.4 Å². The van der Waals surface area contributed by atoms with Gasteiger partial charge in [0.1, 0.15) is 0 Å². The van der Waals surface area contributed by atoms with Crippen LogP contribution >= 0.6 is 0 Å². The van der Waals surface area contributed by atoms with Crippen LogP contribution in [0.15, 0.2) is 18.3 Å². The average Bonchev–Trinajstić information content (AvgIpc) is 2.79. The summed E-state index contributed by atoms with van der Waals surface area (Å²) in [5.41, 5.74) is 5.68. The fraction of sp³-hybridized carbons (Fsp3) is 0.643. The van der Waals surface area contributed by atoms with E-state index in [-0.39, 0.29) is 0 Å². The van der Waals surface area contributed by atoms with Gasteiger partial charge in [-0.25, -0.2) is 0 Å². The van der Waals surface area contributed by atoms with Crippen molar-refractivity contribution in [1.82, 2.24) is 10.4 Å². The lowest BCUT2D eigenvalue weighted by Gasteiger charge is -2.22. The number of nitrogens with one attached hydrogen (secondary N) is 1. The van der Waals surface area contributed by atoms with Gasteiger partial charge < -0.3 is 0 Å². The van der Waals surface area contributed by atoms with Crippen molar-refractivity contribution in [2.45, 2.75) is 57.4 Å². The van der Waals surface area contributed by atoms with Gasteiger partial charge in [-0.05, 0) is 30.9 Å². The zero-order valence-electron chi connectivity index (χ0n) is 10.7. The Morgan fingerprint density at radius 2 is 2.41 bits per heavy atom. The first-order chi connectivity index (χ1) is 8.36. The van der Waals surface area contributed by atoms with Gasteiger partial charge in [0, 0.05) is 23.9 Å². The van der Waals surface area contributed by atoms with Crippen LogP contribution in [0.2, 0.25) is 0 Å². The van der Waals surface area contributed by atoms with Crippen LogP contribution in [0.5, 0.6) is 0 Å². The lowest BCUT2D eigenvalue weighted by atomic mass is 9.93. The molecule has 17 heavy (non-hydrogen) atoms. The minimum atomic E-state index is 0.387. The van der Waals surface area contributed by atoms with Gasteiger partial charge >= 0.3 is 0 Å². The predicted molar refractivity (Wildman–Crippen MR) is 70.6 cm³/mol. The maximum Gasteiger partial charge on any atom is 0.0482 e. The van der Waals surface area contributed by atoms with E-state index in [0.717, 1.165) is 12.8 Å². The number of hydrazine groups is 1. The Labute approximate surface area is 104 Å². The summed E-state index contributed by atoms with van der Waals surface area (Å²) in [5.74, 6) is 6.22. The summed E-state index contributed by atoms with van der Waals surface area (Å²) in [4.78, 5) is 4.54. The molecule has 0 saturated heterocycles. The molecule has 0 bridgehead atoms. The Hall–Kier alpha value is -0.930. The molecule has 3 nitrogen and oxygen atoms in total. The lowest BCUT2D eigenvalue weighted by Crippen LogP contribution is -2.39. The van der Waals surface area contributed by atoms with E-state index in [9.17, 15) is 0 Å². The standard InChI is InChI=1S/C14H23N3/c1-2-3-4-7-13(17-15)12-9-8-11-6-5-10-16-14(11)12/h5-6,10,12-13,17H,2-4,7-9,15H2,1H3. The van der Waals surface area contributed by atoms with E-state index in [4.69, 9.17) is 5.84 Å². The number of rotatable bonds is 6. The first kappa shape index (κ1) is 12.5. The molecule has 2 rings (SSSR count). The average molecular weight is 233 g/mol. The molecule has 3 N–H and O–H groups in total. The van der Waals surface area contributed by atoms with E-state index in [1.807, 2.05) is 12.3 Å². The summed E-state index contributed by atoms with van der Waals surface area (Å²) >= 11 is 0. The van der Waals surface area contributed by atoms with Crippen molar-refractivity contribution in [3.63, 3.8) is 0 Å². The zero-order chi connectivity index (χ0) is 12.1. The second-order valence-electron chi connectivity index (χ2n) is 4.96. The summed E-state index contributed by atoms with van der Waals surface area (Å²) in [6.07, 6.45) is 9.20. The third-order valence-corrected chi connectivity index (χ3v) is 3.82. The SMILES string of the molecule is CCCCCC(NN)C1CCc2cccnc21. The molecule has 1 aliphatic carbocycles. The van der Waals surface area contributed by atoms with Gasteiger partial charge in [0.15, 0.2) is 0 Å². The molecular weight excluding hydrogens is 210 g/mol. The maximum atomic E-state index is 5.71. The van der Waals surface area contributed by atoms with Gasteiger partial charge in [-0.1, -0.05) is 32.3 Å². The maximum absolute atomic E-state index is 5.71. The molecule has 1 heterocycles. The van der Waals surface area contributed by atoms with Gasteiger partial charge in [0.05, 0.1) is 0 Å². The summed E-state index contributed by atoms with van der Waals surface area (Å²) < 4.78 is 0. The number of aromatic nitrogens is 1. The van der Waals surface area contributed by atoms with Crippen LogP contribution in [0.25, 0.3) is 0 Å². The number of fused-ring (bicyclic) bond motifs is 1. The van der Waals surface area contributed by atoms with Crippen molar-refractivity contribution in [2.75, 3.05) is 0 Å². The molecule has 0 fully saturated rings. The van der Waals surface area contributed by atoms with E-state index in [0.29, 0.717) is 12.0 Å². The monoisotopic (exact) mass is 233 g/mol. The van der Waals surface area contributed by atoms with E-state index in [1.165, 1.54) is 36.9 Å². The quantitative estimate of drug-likeness (QED) is 0.451. The third-order valence-electron chi connectivity index (χ3n) is 3.82. The molecule has 0 aromatic carbocycles. The molecule has 2 atom stereocenters. The molecule has 1 aromatic rings. The molecule has 2 unspecified atom stereocenters. The molecule has 0 radical (unpaired) electrons. The van der Waals surface area contributed by atoms with Gasteiger partial charge in [-0.2, -0.15) is 0 Å². The smallest absolute Gasteiger partial charge is 0.0482 e. The fourth-order valence-electron chi connectivity index (χ4n) is 2.85. The van der Waals surface area contributed by atoms with Crippen LogP contribution in [-0.2, 0) is 6.42 Å². The Bertz CT molecular complexity index is 351. The highest BCUT2D eigenvalue weighted by molar-refractivity contribution is 5.29. The molecule has 3 heteroatoms. The largest absolute Gasteiger partial charge is 0.271 e. The van der Waals surface area contributed by atoms with Gasteiger partial charge in [-0.3, -0.25) is 16.3 Å². The minimum Gasteiger partial charge on any atom is -0.271 e.